The molecule has 0 aliphatic carbocycles. The number of thioether (sulfide) groups is 1. The Labute approximate surface area is 130 Å². The number of alkyl halides is 3. The quantitative estimate of drug-likeness (QED) is 0.846. The number of benzene rings is 1. The zero-order chi connectivity index (χ0) is 16.2. The molecule has 1 aromatic carbocycles. The molecule has 0 aromatic heterocycles. The summed E-state index contributed by atoms with van der Waals surface area (Å²) in [5, 5.41) is 0.482. The number of hydrogen-bond donors (Lipinski definition) is 0. The zero-order valence-electron chi connectivity index (χ0n) is 11.9. The standard InChI is InChI=1S/C14H15F3N2O2S/c1-2-21-13(20)19-7-6-18-12(19)22-9-10-4-3-5-11(8-10)14(15,16)17/h3-5,8H,2,6-7,9H2,1H3. The molecule has 0 saturated heterocycles. The number of carbonyl (C=O) groups is 1. The lowest BCUT2D eigenvalue weighted by molar-refractivity contribution is -0.137. The average Bonchev–Trinajstić information content (AvgIpc) is 2.93. The van der Waals surface area contributed by atoms with Crippen molar-refractivity contribution >= 4 is 23.0 Å². The highest BCUT2D eigenvalue weighted by Crippen LogP contribution is 2.30. The van der Waals surface area contributed by atoms with Crippen LogP contribution >= 0.6 is 11.8 Å². The Balaban J connectivity index is 1.99. The number of halogens is 3. The van der Waals surface area contributed by atoms with E-state index in [1.807, 2.05) is 0 Å². The van der Waals surface area contributed by atoms with Gasteiger partial charge in [-0.2, -0.15) is 13.2 Å². The first-order chi connectivity index (χ1) is 10.4. The average molecular weight is 332 g/mol. The van der Waals surface area contributed by atoms with Crippen molar-refractivity contribution in [1.29, 1.82) is 0 Å². The van der Waals surface area contributed by atoms with Crippen LogP contribution in [0, 0.1) is 0 Å². The fraction of sp³-hybridized carbons (Fsp3) is 0.429. The number of rotatable bonds is 3. The molecule has 1 aromatic rings. The van der Waals surface area contributed by atoms with Crippen LogP contribution < -0.4 is 0 Å². The molecule has 0 bridgehead atoms. The Morgan fingerprint density at radius 1 is 1.45 bits per heavy atom. The predicted molar refractivity (Wildman–Crippen MR) is 78.8 cm³/mol. The van der Waals surface area contributed by atoms with Gasteiger partial charge in [0.2, 0.25) is 0 Å². The van der Waals surface area contributed by atoms with Crippen LogP contribution in [0.3, 0.4) is 0 Å². The van der Waals surface area contributed by atoms with Gasteiger partial charge in [0.05, 0.1) is 25.3 Å². The van der Waals surface area contributed by atoms with Crippen molar-refractivity contribution < 1.29 is 22.7 Å². The van der Waals surface area contributed by atoms with Crippen LogP contribution in [-0.4, -0.2) is 35.9 Å². The third-order valence-corrected chi connectivity index (χ3v) is 4.00. The molecule has 0 saturated carbocycles. The minimum Gasteiger partial charge on any atom is -0.449 e. The van der Waals surface area contributed by atoms with Crippen LogP contribution in [0.1, 0.15) is 18.1 Å². The van der Waals surface area contributed by atoms with Gasteiger partial charge in [0.15, 0.2) is 5.17 Å². The van der Waals surface area contributed by atoms with E-state index in [0.717, 1.165) is 12.1 Å². The van der Waals surface area contributed by atoms with Crippen LogP contribution in [0.25, 0.3) is 0 Å². The van der Waals surface area contributed by atoms with Crippen molar-refractivity contribution in [2.24, 2.45) is 4.99 Å². The van der Waals surface area contributed by atoms with E-state index in [-0.39, 0.29) is 6.61 Å². The van der Waals surface area contributed by atoms with E-state index in [4.69, 9.17) is 4.74 Å². The number of carbonyl (C=O) groups excluding carboxylic acids is 1. The maximum Gasteiger partial charge on any atom is 0.416 e. The minimum absolute atomic E-state index is 0.265. The maximum absolute atomic E-state index is 12.7. The monoisotopic (exact) mass is 332 g/mol. The normalized spacial score (nSPS) is 14.9. The van der Waals surface area contributed by atoms with Crippen LogP contribution in [0.4, 0.5) is 18.0 Å². The summed E-state index contributed by atoms with van der Waals surface area (Å²) >= 11 is 1.23. The Hall–Kier alpha value is -1.70. The number of hydrogen-bond acceptors (Lipinski definition) is 4. The van der Waals surface area contributed by atoms with Crippen LogP contribution in [0.2, 0.25) is 0 Å². The highest BCUT2D eigenvalue weighted by Gasteiger charge is 2.30. The second kappa shape index (κ2) is 7.04. The molecule has 0 unspecified atom stereocenters. The summed E-state index contributed by atoms with van der Waals surface area (Å²) in [7, 11) is 0. The second-order valence-corrected chi connectivity index (χ2v) is 5.44. The molecule has 0 spiro atoms. The van der Waals surface area contributed by atoms with E-state index in [1.165, 1.54) is 22.7 Å². The van der Waals surface area contributed by atoms with Crippen LogP contribution in [-0.2, 0) is 16.7 Å². The number of ether oxygens (including phenoxy) is 1. The summed E-state index contributed by atoms with van der Waals surface area (Å²) in [6.07, 6.45) is -4.84. The van der Waals surface area contributed by atoms with E-state index in [2.05, 4.69) is 4.99 Å². The molecular weight excluding hydrogens is 317 g/mol. The Kier molecular flexibility index (Phi) is 5.33. The summed E-state index contributed by atoms with van der Waals surface area (Å²) in [6.45, 7) is 2.88. The summed E-state index contributed by atoms with van der Waals surface area (Å²) in [5.41, 5.74) is -0.153. The number of nitrogens with zero attached hydrogens (tertiary/aromatic N) is 2. The van der Waals surface area contributed by atoms with E-state index >= 15 is 0 Å². The fourth-order valence-electron chi connectivity index (χ4n) is 1.91. The van der Waals surface area contributed by atoms with E-state index < -0.39 is 17.8 Å². The van der Waals surface area contributed by atoms with Gasteiger partial charge in [-0.05, 0) is 18.6 Å². The molecule has 2 rings (SSSR count). The lowest BCUT2D eigenvalue weighted by atomic mass is 10.1. The molecule has 4 nitrogen and oxygen atoms in total. The third kappa shape index (κ3) is 4.16. The Morgan fingerprint density at radius 2 is 2.23 bits per heavy atom. The largest absolute Gasteiger partial charge is 0.449 e. The van der Waals surface area contributed by atoms with Crippen molar-refractivity contribution in [3.63, 3.8) is 0 Å². The van der Waals surface area contributed by atoms with Crippen molar-refractivity contribution in [3.8, 4) is 0 Å². The van der Waals surface area contributed by atoms with Gasteiger partial charge in [-0.15, -0.1) is 0 Å². The van der Waals surface area contributed by atoms with Gasteiger partial charge < -0.3 is 4.74 Å². The molecule has 120 valence electrons. The van der Waals surface area contributed by atoms with E-state index in [9.17, 15) is 18.0 Å². The van der Waals surface area contributed by atoms with Gasteiger partial charge in [0, 0.05) is 5.75 Å². The summed E-state index contributed by atoms with van der Waals surface area (Å²) in [6, 6.07) is 5.13. The summed E-state index contributed by atoms with van der Waals surface area (Å²) < 4.78 is 42.9. The smallest absolute Gasteiger partial charge is 0.416 e. The lowest BCUT2D eigenvalue weighted by Gasteiger charge is -2.17. The number of aliphatic imine (C=N–C) groups is 1. The number of amides is 1. The van der Waals surface area contributed by atoms with Crippen molar-refractivity contribution in [2.45, 2.75) is 18.9 Å². The Morgan fingerprint density at radius 3 is 2.91 bits per heavy atom. The molecule has 22 heavy (non-hydrogen) atoms. The Bertz CT molecular complexity index is 575. The van der Waals surface area contributed by atoms with Crippen LogP contribution in [0.15, 0.2) is 29.3 Å². The predicted octanol–water partition coefficient (Wildman–Crippen LogP) is 3.77. The molecule has 8 heteroatoms. The first-order valence-electron chi connectivity index (χ1n) is 6.69. The molecule has 1 amide bonds. The van der Waals surface area contributed by atoms with Gasteiger partial charge in [-0.3, -0.25) is 9.89 Å². The molecule has 0 N–H and O–H groups in total. The highest BCUT2D eigenvalue weighted by atomic mass is 32.2. The summed E-state index contributed by atoms with van der Waals surface area (Å²) in [4.78, 5) is 17.3. The first-order valence-corrected chi connectivity index (χ1v) is 7.68. The topological polar surface area (TPSA) is 41.9 Å². The molecule has 0 atom stereocenters. The van der Waals surface area contributed by atoms with E-state index in [0.29, 0.717) is 29.6 Å². The minimum atomic E-state index is -4.36. The van der Waals surface area contributed by atoms with Gasteiger partial charge >= 0.3 is 12.3 Å². The molecule has 0 radical (unpaired) electrons. The van der Waals surface area contributed by atoms with Crippen molar-refractivity contribution in [2.75, 3.05) is 19.7 Å². The summed E-state index contributed by atoms with van der Waals surface area (Å²) in [5.74, 6) is 0.304. The fourth-order valence-corrected chi connectivity index (χ4v) is 2.89. The third-order valence-electron chi connectivity index (χ3n) is 2.91. The molecule has 0 fully saturated rings. The zero-order valence-corrected chi connectivity index (χ0v) is 12.7. The molecular formula is C14H15F3N2O2S. The highest BCUT2D eigenvalue weighted by molar-refractivity contribution is 8.13. The number of amidine groups is 1. The van der Waals surface area contributed by atoms with Gasteiger partial charge in [0.25, 0.3) is 0 Å². The first kappa shape index (κ1) is 16.7. The molecule has 1 aliphatic rings. The van der Waals surface area contributed by atoms with Crippen molar-refractivity contribution in [3.05, 3.63) is 35.4 Å². The van der Waals surface area contributed by atoms with Gasteiger partial charge in [-0.1, -0.05) is 30.0 Å². The van der Waals surface area contributed by atoms with Crippen molar-refractivity contribution in [1.82, 2.24) is 4.90 Å². The molecule has 1 aliphatic heterocycles. The molecule has 1 heterocycles. The van der Waals surface area contributed by atoms with Gasteiger partial charge in [-0.25, -0.2) is 4.79 Å². The lowest BCUT2D eigenvalue weighted by Crippen LogP contribution is -2.33. The van der Waals surface area contributed by atoms with E-state index in [1.54, 1.807) is 13.0 Å². The SMILES string of the molecule is CCOC(=O)N1CCN=C1SCc1cccc(C(F)(F)F)c1. The second-order valence-electron chi connectivity index (χ2n) is 4.50. The maximum atomic E-state index is 12.7. The van der Waals surface area contributed by atoms with Gasteiger partial charge in [0.1, 0.15) is 0 Å². The van der Waals surface area contributed by atoms with Crippen LogP contribution in [0.5, 0.6) is 0 Å².